The molecule has 0 bridgehead atoms. The molecule has 0 aliphatic carbocycles. The summed E-state index contributed by atoms with van der Waals surface area (Å²) in [6.07, 6.45) is 0. The van der Waals surface area contributed by atoms with Crippen LogP contribution in [0.4, 0.5) is 5.82 Å². The van der Waals surface area contributed by atoms with Gasteiger partial charge in [0, 0.05) is 16.9 Å². The van der Waals surface area contributed by atoms with E-state index < -0.39 is 0 Å². The molecule has 4 nitrogen and oxygen atoms in total. The van der Waals surface area contributed by atoms with Crippen LogP contribution < -0.4 is 5.73 Å². The molecule has 0 spiro atoms. The second kappa shape index (κ2) is 5.04. The molecule has 2 aromatic heterocycles. The number of nitrogen functional groups attached to an aromatic ring is 1. The van der Waals surface area contributed by atoms with Crippen LogP contribution in [0.15, 0.2) is 28.7 Å². The zero-order valence-electron chi connectivity index (χ0n) is 12.1. The number of para-hydroxylation sites is 1. The Morgan fingerprint density at radius 3 is 2.67 bits per heavy atom. The fraction of sp³-hybridized carbons (Fsp3) is 0.250. The lowest BCUT2D eigenvalue weighted by Crippen LogP contribution is -2.05. The molecular weight excluding hydrogens is 286 g/mol. The molecule has 108 valence electrons. The summed E-state index contributed by atoms with van der Waals surface area (Å²) in [6, 6.07) is 7.58. The van der Waals surface area contributed by atoms with Crippen LogP contribution in [0.25, 0.3) is 22.4 Å². The molecule has 21 heavy (non-hydrogen) atoms. The zero-order chi connectivity index (χ0) is 15.1. The monoisotopic (exact) mass is 301 g/mol. The van der Waals surface area contributed by atoms with E-state index in [-0.39, 0.29) is 5.92 Å². The number of halogens is 1. The van der Waals surface area contributed by atoms with Crippen LogP contribution in [0.1, 0.15) is 31.2 Å². The Hall–Kier alpha value is -2.07. The molecule has 2 N–H and O–H groups in total. The van der Waals surface area contributed by atoms with Crippen LogP contribution in [-0.4, -0.2) is 9.97 Å². The minimum atomic E-state index is 0.194. The first-order valence-electron chi connectivity index (χ1n) is 6.80. The van der Waals surface area contributed by atoms with Crippen LogP contribution in [0, 0.1) is 6.92 Å². The largest absolute Gasteiger partial charge is 0.453 e. The first-order chi connectivity index (χ1) is 9.97. The van der Waals surface area contributed by atoms with Gasteiger partial charge < -0.3 is 10.2 Å². The maximum Gasteiger partial charge on any atom is 0.154 e. The summed E-state index contributed by atoms with van der Waals surface area (Å²) >= 11 is 6.16. The molecule has 0 saturated heterocycles. The van der Waals surface area contributed by atoms with Crippen LogP contribution in [0.5, 0.6) is 0 Å². The van der Waals surface area contributed by atoms with Crippen molar-refractivity contribution in [2.24, 2.45) is 0 Å². The highest BCUT2D eigenvalue weighted by Crippen LogP contribution is 2.33. The molecule has 5 heteroatoms. The summed E-state index contributed by atoms with van der Waals surface area (Å²) in [6.45, 7) is 5.95. The van der Waals surface area contributed by atoms with E-state index >= 15 is 0 Å². The molecular formula is C16H16ClN3O. The Balaban J connectivity index is 2.24. The Morgan fingerprint density at radius 1 is 1.24 bits per heavy atom. The van der Waals surface area contributed by atoms with Gasteiger partial charge in [-0.25, -0.2) is 9.97 Å². The molecule has 0 aliphatic heterocycles. The van der Waals surface area contributed by atoms with E-state index in [2.05, 4.69) is 9.97 Å². The molecule has 0 radical (unpaired) electrons. The third-order valence-electron chi connectivity index (χ3n) is 3.45. The average molecular weight is 302 g/mol. The lowest BCUT2D eigenvalue weighted by atomic mass is 10.1. The van der Waals surface area contributed by atoms with Crippen molar-refractivity contribution in [3.63, 3.8) is 0 Å². The Bertz CT molecular complexity index is 824. The van der Waals surface area contributed by atoms with Gasteiger partial charge in [0.2, 0.25) is 0 Å². The molecule has 3 rings (SSSR count). The molecule has 1 aromatic carbocycles. The predicted octanol–water partition coefficient (Wildman–Crippen LogP) is 4.56. The molecule has 2 heterocycles. The van der Waals surface area contributed by atoms with Crippen molar-refractivity contribution in [2.75, 3.05) is 5.73 Å². The number of nitrogens with zero attached hydrogens (tertiary/aromatic N) is 2. The van der Waals surface area contributed by atoms with Gasteiger partial charge in [-0.2, -0.15) is 0 Å². The van der Waals surface area contributed by atoms with Crippen molar-refractivity contribution in [3.05, 3.63) is 40.7 Å². The van der Waals surface area contributed by atoms with E-state index in [4.69, 9.17) is 21.8 Å². The van der Waals surface area contributed by atoms with Crippen LogP contribution in [0.3, 0.4) is 0 Å². The van der Waals surface area contributed by atoms with E-state index in [9.17, 15) is 0 Å². The number of anilines is 1. The SMILES string of the molecule is Cc1c(N)nc(C(C)C)nc1-c1cc2cccc(Cl)c2o1. The summed E-state index contributed by atoms with van der Waals surface area (Å²) in [5.41, 5.74) is 8.20. The molecule has 0 amide bonds. The smallest absolute Gasteiger partial charge is 0.154 e. The summed E-state index contributed by atoms with van der Waals surface area (Å²) in [7, 11) is 0. The van der Waals surface area contributed by atoms with Crippen molar-refractivity contribution in [1.29, 1.82) is 0 Å². The third-order valence-corrected chi connectivity index (χ3v) is 3.74. The number of hydrogen-bond acceptors (Lipinski definition) is 4. The lowest BCUT2D eigenvalue weighted by molar-refractivity contribution is 0.626. The standard InChI is InChI=1S/C16H16ClN3O/c1-8(2)16-19-13(9(3)15(18)20-16)12-7-10-5-4-6-11(17)14(10)21-12/h4-8H,1-3H3,(H2,18,19,20). The maximum atomic E-state index is 6.16. The number of furan rings is 1. The molecule has 0 atom stereocenters. The number of aromatic nitrogens is 2. The van der Waals surface area contributed by atoms with Crippen molar-refractivity contribution in [1.82, 2.24) is 9.97 Å². The normalized spacial score (nSPS) is 11.5. The van der Waals surface area contributed by atoms with Gasteiger partial charge in [0.15, 0.2) is 11.3 Å². The maximum absolute atomic E-state index is 6.16. The molecule has 0 aliphatic rings. The topological polar surface area (TPSA) is 64.9 Å². The third kappa shape index (κ3) is 2.36. The van der Waals surface area contributed by atoms with Crippen molar-refractivity contribution in [3.8, 4) is 11.5 Å². The fourth-order valence-electron chi connectivity index (χ4n) is 2.19. The second-order valence-corrected chi connectivity index (χ2v) is 5.77. The van der Waals surface area contributed by atoms with Crippen molar-refractivity contribution in [2.45, 2.75) is 26.7 Å². The Morgan fingerprint density at radius 2 is 2.00 bits per heavy atom. The van der Waals surface area contributed by atoms with E-state index in [0.29, 0.717) is 28.0 Å². The number of fused-ring (bicyclic) bond motifs is 1. The van der Waals surface area contributed by atoms with E-state index in [0.717, 1.165) is 16.6 Å². The average Bonchev–Trinajstić information content (AvgIpc) is 2.86. The quantitative estimate of drug-likeness (QED) is 0.753. The molecule has 0 saturated carbocycles. The highest BCUT2D eigenvalue weighted by molar-refractivity contribution is 6.34. The molecule has 3 aromatic rings. The fourth-order valence-corrected chi connectivity index (χ4v) is 2.41. The summed E-state index contributed by atoms with van der Waals surface area (Å²) in [5.74, 6) is 2.04. The van der Waals surface area contributed by atoms with Gasteiger partial charge in [-0.3, -0.25) is 0 Å². The van der Waals surface area contributed by atoms with Crippen molar-refractivity contribution < 1.29 is 4.42 Å². The van der Waals surface area contributed by atoms with Gasteiger partial charge >= 0.3 is 0 Å². The summed E-state index contributed by atoms with van der Waals surface area (Å²) < 4.78 is 5.88. The van der Waals surface area contributed by atoms with Gasteiger partial charge in [-0.15, -0.1) is 0 Å². The zero-order valence-corrected chi connectivity index (χ0v) is 12.9. The predicted molar refractivity (Wildman–Crippen MR) is 85.5 cm³/mol. The molecule has 0 fully saturated rings. The van der Waals surface area contributed by atoms with Gasteiger partial charge in [-0.1, -0.05) is 37.6 Å². The number of hydrogen-bond donors (Lipinski definition) is 1. The van der Waals surface area contributed by atoms with Gasteiger partial charge in [-0.05, 0) is 19.1 Å². The van der Waals surface area contributed by atoms with Crippen LogP contribution in [-0.2, 0) is 0 Å². The van der Waals surface area contributed by atoms with E-state index in [1.54, 1.807) is 6.07 Å². The first kappa shape index (κ1) is 13.9. The van der Waals surface area contributed by atoms with Gasteiger partial charge in [0.25, 0.3) is 0 Å². The van der Waals surface area contributed by atoms with Gasteiger partial charge in [0.05, 0.1) is 5.02 Å². The minimum absolute atomic E-state index is 0.194. The molecule has 0 unspecified atom stereocenters. The number of rotatable bonds is 2. The van der Waals surface area contributed by atoms with E-state index in [1.807, 2.05) is 39.0 Å². The number of nitrogens with two attached hydrogens (primary N) is 1. The van der Waals surface area contributed by atoms with E-state index in [1.165, 1.54) is 0 Å². The van der Waals surface area contributed by atoms with Crippen LogP contribution >= 0.6 is 11.6 Å². The second-order valence-electron chi connectivity index (χ2n) is 5.36. The minimum Gasteiger partial charge on any atom is -0.453 e. The van der Waals surface area contributed by atoms with Crippen LogP contribution in [0.2, 0.25) is 5.02 Å². The Kier molecular flexibility index (Phi) is 3.33. The number of benzene rings is 1. The van der Waals surface area contributed by atoms with Gasteiger partial charge in [0.1, 0.15) is 17.3 Å². The lowest BCUT2D eigenvalue weighted by Gasteiger charge is -2.10. The van der Waals surface area contributed by atoms with Crippen molar-refractivity contribution >= 4 is 28.4 Å². The highest BCUT2D eigenvalue weighted by atomic mass is 35.5. The summed E-state index contributed by atoms with van der Waals surface area (Å²) in [5, 5.41) is 1.53. The summed E-state index contributed by atoms with van der Waals surface area (Å²) in [4.78, 5) is 8.93. The highest BCUT2D eigenvalue weighted by Gasteiger charge is 2.17. The first-order valence-corrected chi connectivity index (χ1v) is 7.17. The Labute approximate surface area is 128 Å².